The van der Waals surface area contributed by atoms with Crippen molar-refractivity contribution in [2.45, 2.75) is 5.92 Å². The first-order valence-corrected chi connectivity index (χ1v) is 5.46. The molecule has 0 aliphatic heterocycles. The maximum Gasteiger partial charge on any atom is 1.00 e. The second kappa shape index (κ2) is 9.08. The van der Waals surface area contributed by atoms with E-state index in [0.717, 1.165) is 5.56 Å². The van der Waals surface area contributed by atoms with Gasteiger partial charge in [-0.2, -0.15) is 0 Å². The molecular weight excluding hydrogens is 224 g/mol. The van der Waals surface area contributed by atoms with Gasteiger partial charge in [-0.15, -0.1) is 5.92 Å². The van der Waals surface area contributed by atoms with Crippen molar-refractivity contribution in [3.05, 3.63) is 73.2 Å². The van der Waals surface area contributed by atoms with E-state index in [4.69, 9.17) is 0 Å². The summed E-state index contributed by atoms with van der Waals surface area (Å²) in [4.78, 5) is 4.03. The van der Waals surface area contributed by atoms with Crippen molar-refractivity contribution in [2.75, 3.05) is 0 Å². The van der Waals surface area contributed by atoms with Crippen LogP contribution < -0.4 is 42.8 Å². The molecule has 2 rings (SSSR count). The summed E-state index contributed by atoms with van der Waals surface area (Å²) in [5.74, 6) is -0.668. The van der Waals surface area contributed by atoms with Crippen LogP contribution in [-0.2, 0) is 0 Å². The van der Waals surface area contributed by atoms with E-state index in [-0.39, 0.29) is 43.6 Å². The molecule has 2 aromatic carbocycles. The number of rotatable bonds is 3. The maximum atomic E-state index is 11.9. The first-order chi connectivity index (χ1) is 8.27. The monoisotopic (exact) mass is 237 g/mol. The van der Waals surface area contributed by atoms with Crippen molar-refractivity contribution >= 4 is 11.6 Å². The molecule has 86 valence electrons. The third-order valence-corrected chi connectivity index (χ3v) is 2.50. The Kier molecular flexibility index (Phi) is 8.65. The average Bonchev–Trinajstić information content (AvgIpc) is 2.40. The molecule has 0 N–H and O–H groups in total. The van der Waals surface area contributed by atoms with Crippen molar-refractivity contribution in [3.63, 3.8) is 0 Å². The Morgan fingerprint density at radius 1 is 0.895 bits per heavy atom. The van der Waals surface area contributed by atoms with E-state index >= 15 is 0 Å². The molecule has 0 spiro atoms. The molecule has 0 aliphatic rings. The Bertz CT molecular complexity index is 500. The predicted octanol–water partition coefficient (Wildman–Crippen LogP) is -3.30. The molecule has 1 unspecified atom stereocenters. The summed E-state index contributed by atoms with van der Waals surface area (Å²) in [6, 6.07) is 18.7. The van der Waals surface area contributed by atoms with Gasteiger partial charge in [-0.1, -0.05) is 60.0 Å². The Hall–Kier alpha value is -0.895. The number of para-hydroxylation sites is 1. The van der Waals surface area contributed by atoms with Crippen LogP contribution in [0.4, 0.5) is 5.69 Å². The second-order valence-corrected chi connectivity index (χ2v) is 3.75. The van der Waals surface area contributed by atoms with Gasteiger partial charge in [0.2, 0.25) is 0 Å². The second-order valence-electron chi connectivity index (χ2n) is 3.75. The minimum atomic E-state index is -0.448. The van der Waals surface area contributed by atoms with Gasteiger partial charge in [-0.05, 0) is 12.1 Å². The molecule has 0 amide bonds. The molecule has 0 heterocycles. The summed E-state index contributed by atoms with van der Waals surface area (Å²) in [6.45, 7) is 3.86. The largest absolute Gasteiger partial charge is 1.00 e. The molecule has 19 heavy (non-hydrogen) atoms. The molecule has 0 radical (unpaired) electrons. The Balaban J connectivity index is 0.00000162. The summed E-state index contributed by atoms with van der Waals surface area (Å²) in [7, 11) is 0. The van der Waals surface area contributed by atoms with Crippen LogP contribution in [0.2, 0.25) is 0 Å². The fraction of sp³-hybridized carbons (Fsp3) is 0.0667. The van der Waals surface area contributed by atoms with Crippen LogP contribution in [-0.4, -0.2) is 5.90 Å². The third-order valence-electron chi connectivity index (χ3n) is 2.50. The van der Waals surface area contributed by atoms with Crippen LogP contribution in [0.15, 0.2) is 65.7 Å². The smallest absolute Gasteiger partial charge is 0.863 e. The van der Waals surface area contributed by atoms with Crippen molar-refractivity contribution in [1.82, 2.24) is 0 Å². The van der Waals surface area contributed by atoms with Gasteiger partial charge in [-0.3, -0.25) is 4.99 Å². The Morgan fingerprint density at radius 2 is 1.37 bits per heavy atom. The average molecular weight is 237 g/mol. The summed E-state index contributed by atoms with van der Waals surface area (Å²) >= 11 is 0. The van der Waals surface area contributed by atoms with E-state index in [2.05, 4.69) is 11.9 Å². The van der Waals surface area contributed by atoms with Gasteiger partial charge in [0.15, 0.2) is 0 Å². The summed E-state index contributed by atoms with van der Waals surface area (Å²) < 4.78 is 0. The topological polar surface area (TPSA) is 35.4 Å². The van der Waals surface area contributed by atoms with Gasteiger partial charge in [0.25, 0.3) is 0 Å². The van der Waals surface area contributed by atoms with Gasteiger partial charge in [0.1, 0.15) is 0 Å². The van der Waals surface area contributed by atoms with E-state index in [9.17, 15) is 5.11 Å². The summed E-state index contributed by atoms with van der Waals surface area (Å²) in [6.07, 6.45) is 0. The quantitative estimate of drug-likeness (QED) is 0.238. The first kappa shape index (κ1) is 18.1. The Morgan fingerprint density at radius 3 is 1.89 bits per heavy atom. The molecule has 2 nitrogen and oxygen atoms in total. The molecule has 0 saturated heterocycles. The first-order valence-electron chi connectivity index (χ1n) is 5.46. The van der Waals surface area contributed by atoms with Gasteiger partial charge >= 0.3 is 37.7 Å². The van der Waals surface area contributed by atoms with E-state index in [1.54, 1.807) is 12.1 Å². The van der Waals surface area contributed by atoms with Gasteiger partial charge in [-0.25, -0.2) is 0 Å². The predicted molar refractivity (Wildman–Crippen MR) is 68.1 cm³/mol. The van der Waals surface area contributed by atoms with E-state index in [0.29, 0.717) is 5.69 Å². The van der Waals surface area contributed by atoms with Crippen molar-refractivity contribution in [1.29, 1.82) is 0 Å². The number of nitrogens with zero attached hydrogens (tertiary/aromatic N) is 1. The number of hydrogen-bond acceptors (Lipinski definition) is 2. The molecule has 2 aromatic rings. The zero-order chi connectivity index (χ0) is 12.1. The number of aliphatic imine (C=N–C) groups is 1. The normalized spacial score (nSPS) is 11.9. The van der Waals surface area contributed by atoms with Crippen LogP contribution >= 0.6 is 0 Å². The molecular formula is C15H13Li2NO. The van der Waals surface area contributed by atoms with Crippen LogP contribution in [0.3, 0.4) is 0 Å². The number of benzene rings is 2. The van der Waals surface area contributed by atoms with Gasteiger partial charge in [0.05, 0.1) is 5.69 Å². The van der Waals surface area contributed by atoms with Gasteiger partial charge < -0.3 is 12.0 Å². The van der Waals surface area contributed by atoms with E-state index in [1.807, 2.05) is 48.5 Å². The van der Waals surface area contributed by atoms with Crippen molar-refractivity contribution in [3.8, 4) is 0 Å². The summed E-state index contributed by atoms with van der Waals surface area (Å²) in [5.41, 5.74) is 1.55. The molecule has 0 fully saturated rings. The van der Waals surface area contributed by atoms with Crippen molar-refractivity contribution < 1.29 is 42.8 Å². The van der Waals surface area contributed by atoms with Crippen LogP contribution in [0, 0.1) is 6.92 Å². The standard InChI is InChI=1S/C15H14NO.2Li/c1-12(13-8-4-2-5-9-13)15(17)16-14-10-6-3-7-11-14;;/h2-12H,1H2,(H,16,17);;/q-1;2*+1/p-1. The van der Waals surface area contributed by atoms with Crippen LogP contribution in [0.25, 0.3) is 0 Å². The minimum absolute atomic E-state index is 0. The molecule has 4 heteroatoms. The van der Waals surface area contributed by atoms with E-state index < -0.39 is 5.92 Å². The third kappa shape index (κ3) is 5.31. The van der Waals surface area contributed by atoms with Crippen LogP contribution in [0.1, 0.15) is 11.5 Å². The molecule has 0 saturated carbocycles. The maximum absolute atomic E-state index is 11.9. The zero-order valence-electron chi connectivity index (χ0n) is 11.4. The molecule has 0 aliphatic carbocycles. The molecule has 0 aromatic heterocycles. The summed E-state index contributed by atoms with van der Waals surface area (Å²) in [5, 5.41) is 11.9. The van der Waals surface area contributed by atoms with Crippen molar-refractivity contribution in [2.24, 2.45) is 4.99 Å². The van der Waals surface area contributed by atoms with Gasteiger partial charge in [0, 0.05) is 0 Å². The molecule has 0 bridgehead atoms. The Labute approximate surface area is 138 Å². The number of hydrogen-bond donors (Lipinski definition) is 0. The fourth-order valence-corrected chi connectivity index (χ4v) is 1.54. The molecule has 1 atom stereocenters. The zero-order valence-corrected chi connectivity index (χ0v) is 11.4. The minimum Gasteiger partial charge on any atom is -0.863 e. The van der Waals surface area contributed by atoms with Crippen LogP contribution in [0.5, 0.6) is 0 Å². The fourth-order valence-electron chi connectivity index (χ4n) is 1.54. The van der Waals surface area contributed by atoms with E-state index in [1.165, 1.54) is 0 Å². The SMILES string of the molecule is [CH2-]C(C([O-])=Nc1ccccc1)c1ccccc1.[Li+].[Li+].